The zero-order valence-electron chi connectivity index (χ0n) is 9.35. The average Bonchev–Trinajstić information content (AvgIpc) is 2.01. The Bertz CT molecular complexity index is 327. The molecule has 1 aromatic carbocycles. The zero-order chi connectivity index (χ0) is 10.7. The summed E-state index contributed by atoms with van der Waals surface area (Å²) in [5, 5.41) is 0. The molecule has 1 rings (SSSR count). The Balaban J connectivity index is 2.91. The Morgan fingerprint density at radius 2 is 1.71 bits per heavy atom. The average molecular weight is 189 g/mol. The van der Waals surface area contributed by atoms with E-state index in [1.54, 1.807) is 0 Å². The molecule has 0 fully saturated rings. The van der Waals surface area contributed by atoms with Gasteiger partial charge in [-0.25, -0.2) is 0 Å². The normalized spacial score (nSPS) is 10.2. The summed E-state index contributed by atoms with van der Waals surface area (Å²) in [6.45, 7) is 10.2. The van der Waals surface area contributed by atoms with E-state index in [4.69, 9.17) is 5.73 Å². The number of nitrogens with two attached hydrogens (primary N) is 1. The third-order valence-electron chi connectivity index (χ3n) is 2.54. The number of rotatable bonds is 3. The van der Waals surface area contributed by atoms with Crippen molar-refractivity contribution in [1.82, 2.24) is 0 Å². The Labute approximate surface area is 86.6 Å². The molecule has 0 amide bonds. The molecule has 0 aliphatic carbocycles. The standard InChI is InChI=1S/C13H19N/c1-9-7-10(2)13(11(3)8-9)6-5-12(4)14/h7-8H,4-6,14H2,1-3H3. The van der Waals surface area contributed by atoms with Crippen LogP contribution in [0.5, 0.6) is 0 Å². The summed E-state index contributed by atoms with van der Waals surface area (Å²) >= 11 is 0. The van der Waals surface area contributed by atoms with Crippen molar-refractivity contribution in [3.63, 3.8) is 0 Å². The van der Waals surface area contributed by atoms with Crippen molar-refractivity contribution in [1.29, 1.82) is 0 Å². The van der Waals surface area contributed by atoms with Crippen LogP contribution < -0.4 is 5.73 Å². The summed E-state index contributed by atoms with van der Waals surface area (Å²) < 4.78 is 0. The number of benzene rings is 1. The minimum absolute atomic E-state index is 0.768. The molecule has 76 valence electrons. The first-order chi connectivity index (χ1) is 6.50. The van der Waals surface area contributed by atoms with Crippen LogP contribution in [0.4, 0.5) is 0 Å². The zero-order valence-corrected chi connectivity index (χ0v) is 9.35. The predicted molar refractivity (Wildman–Crippen MR) is 62.3 cm³/mol. The van der Waals surface area contributed by atoms with Crippen LogP contribution >= 0.6 is 0 Å². The van der Waals surface area contributed by atoms with Crippen molar-refractivity contribution in [2.24, 2.45) is 5.73 Å². The summed E-state index contributed by atoms with van der Waals surface area (Å²) in [7, 11) is 0. The van der Waals surface area contributed by atoms with E-state index in [1.165, 1.54) is 22.3 Å². The molecule has 0 heterocycles. The molecule has 0 bridgehead atoms. The molecule has 2 N–H and O–H groups in total. The van der Waals surface area contributed by atoms with Gasteiger partial charge in [0.25, 0.3) is 0 Å². The van der Waals surface area contributed by atoms with Gasteiger partial charge in [-0.05, 0) is 50.3 Å². The van der Waals surface area contributed by atoms with Crippen LogP contribution in [-0.2, 0) is 6.42 Å². The van der Waals surface area contributed by atoms with E-state index in [0.29, 0.717) is 0 Å². The quantitative estimate of drug-likeness (QED) is 0.777. The van der Waals surface area contributed by atoms with Crippen molar-refractivity contribution in [3.8, 4) is 0 Å². The lowest BCUT2D eigenvalue weighted by atomic mass is 9.96. The Hall–Kier alpha value is -1.24. The minimum Gasteiger partial charge on any atom is -0.403 e. The molecule has 0 radical (unpaired) electrons. The van der Waals surface area contributed by atoms with Gasteiger partial charge in [-0.3, -0.25) is 0 Å². The molecule has 0 aliphatic rings. The monoisotopic (exact) mass is 189 g/mol. The van der Waals surface area contributed by atoms with Gasteiger partial charge < -0.3 is 5.73 Å². The Kier molecular flexibility index (Phi) is 3.34. The van der Waals surface area contributed by atoms with Gasteiger partial charge in [0.1, 0.15) is 0 Å². The van der Waals surface area contributed by atoms with Gasteiger partial charge in [0, 0.05) is 5.70 Å². The first-order valence-electron chi connectivity index (χ1n) is 5.00. The number of allylic oxidation sites excluding steroid dienone is 1. The molecule has 0 saturated carbocycles. The van der Waals surface area contributed by atoms with E-state index in [1.807, 2.05) is 0 Å². The summed E-state index contributed by atoms with van der Waals surface area (Å²) in [5.74, 6) is 0. The highest BCUT2D eigenvalue weighted by Crippen LogP contribution is 2.18. The highest BCUT2D eigenvalue weighted by atomic mass is 14.5. The Morgan fingerprint density at radius 3 is 2.14 bits per heavy atom. The second-order valence-electron chi connectivity index (χ2n) is 4.04. The van der Waals surface area contributed by atoms with Crippen LogP contribution in [0, 0.1) is 20.8 Å². The van der Waals surface area contributed by atoms with Crippen molar-refractivity contribution < 1.29 is 0 Å². The topological polar surface area (TPSA) is 26.0 Å². The summed E-state index contributed by atoms with van der Waals surface area (Å²) in [6.07, 6.45) is 1.89. The summed E-state index contributed by atoms with van der Waals surface area (Å²) in [5.41, 5.74) is 11.8. The van der Waals surface area contributed by atoms with Crippen molar-refractivity contribution in [2.75, 3.05) is 0 Å². The molecule has 0 spiro atoms. The molecule has 0 aromatic heterocycles. The maximum Gasteiger partial charge on any atom is 0.00108 e. The van der Waals surface area contributed by atoms with E-state index in [0.717, 1.165) is 18.5 Å². The number of hydrogen-bond acceptors (Lipinski definition) is 1. The third kappa shape index (κ3) is 2.63. The molecule has 1 aromatic rings. The first kappa shape index (κ1) is 10.8. The smallest absolute Gasteiger partial charge is 0.00108 e. The number of hydrogen-bond donors (Lipinski definition) is 1. The van der Waals surface area contributed by atoms with E-state index in [9.17, 15) is 0 Å². The maximum atomic E-state index is 5.58. The third-order valence-corrected chi connectivity index (χ3v) is 2.54. The molecule has 1 nitrogen and oxygen atoms in total. The lowest BCUT2D eigenvalue weighted by Gasteiger charge is -2.10. The number of aryl methyl sites for hydroxylation is 3. The molecule has 1 heteroatoms. The van der Waals surface area contributed by atoms with E-state index in [2.05, 4.69) is 39.5 Å². The molecule has 0 aliphatic heterocycles. The Morgan fingerprint density at radius 1 is 1.21 bits per heavy atom. The second kappa shape index (κ2) is 4.32. The minimum atomic E-state index is 0.768. The fourth-order valence-corrected chi connectivity index (χ4v) is 1.89. The summed E-state index contributed by atoms with van der Waals surface area (Å²) in [6, 6.07) is 4.45. The molecule has 0 atom stereocenters. The van der Waals surface area contributed by atoms with Crippen LogP contribution in [0.1, 0.15) is 28.7 Å². The van der Waals surface area contributed by atoms with Crippen molar-refractivity contribution in [3.05, 3.63) is 46.7 Å². The lowest BCUT2D eigenvalue weighted by Crippen LogP contribution is -2.00. The van der Waals surface area contributed by atoms with Gasteiger partial charge in [0.2, 0.25) is 0 Å². The van der Waals surface area contributed by atoms with Crippen LogP contribution in [0.3, 0.4) is 0 Å². The van der Waals surface area contributed by atoms with Gasteiger partial charge >= 0.3 is 0 Å². The van der Waals surface area contributed by atoms with Gasteiger partial charge in [-0.2, -0.15) is 0 Å². The van der Waals surface area contributed by atoms with Gasteiger partial charge in [0.05, 0.1) is 0 Å². The van der Waals surface area contributed by atoms with E-state index >= 15 is 0 Å². The van der Waals surface area contributed by atoms with Gasteiger partial charge in [0.15, 0.2) is 0 Å². The SMILES string of the molecule is C=C(N)CCc1c(C)cc(C)cc1C. The second-order valence-corrected chi connectivity index (χ2v) is 4.04. The fraction of sp³-hybridized carbons (Fsp3) is 0.385. The van der Waals surface area contributed by atoms with Gasteiger partial charge in [-0.1, -0.05) is 24.3 Å². The fourth-order valence-electron chi connectivity index (χ4n) is 1.89. The largest absolute Gasteiger partial charge is 0.403 e. The molecule has 0 saturated heterocycles. The molecular formula is C13H19N. The lowest BCUT2D eigenvalue weighted by molar-refractivity contribution is 0.912. The van der Waals surface area contributed by atoms with Crippen molar-refractivity contribution >= 4 is 0 Å². The van der Waals surface area contributed by atoms with Gasteiger partial charge in [-0.15, -0.1) is 0 Å². The highest BCUT2D eigenvalue weighted by molar-refractivity contribution is 5.37. The predicted octanol–water partition coefficient (Wildman–Crippen LogP) is 3.02. The highest BCUT2D eigenvalue weighted by Gasteiger charge is 2.03. The van der Waals surface area contributed by atoms with Crippen LogP contribution in [0.15, 0.2) is 24.4 Å². The van der Waals surface area contributed by atoms with E-state index in [-0.39, 0.29) is 0 Å². The summed E-state index contributed by atoms with van der Waals surface area (Å²) in [4.78, 5) is 0. The maximum absolute atomic E-state index is 5.58. The van der Waals surface area contributed by atoms with Crippen molar-refractivity contribution in [2.45, 2.75) is 33.6 Å². The van der Waals surface area contributed by atoms with Crippen LogP contribution in [0.25, 0.3) is 0 Å². The van der Waals surface area contributed by atoms with E-state index < -0.39 is 0 Å². The first-order valence-corrected chi connectivity index (χ1v) is 5.00. The molecule has 0 unspecified atom stereocenters. The molecular weight excluding hydrogens is 170 g/mol. The van der Waals surface area contributed by atoms with Crippen LogP contribution in [-0.4, -0.2) is 0 Å². The molecule has 14 heavy (non-hydrogen) atoms. The van der Waals surface area contributed by atoms with Crippen LogP contribution in [0.2, 0.25) is 0 Å².